The molecular formula is C20H31N3O2. The maximum atomic E-state index is 12.4. The molecule has 2 amide bonds. The van der Waals surface area contributed by atoms with Crippen molar-refractivity contribution in [2.75, 3.05) is 33.7 Å². The van der Waals surface area contributed by atoms with Gasteiger partial charge in [0.2, 0.25) is 11.8 Å². The van der Waals surface area contributed by atoms with Gasteiger partial charge in [-0.1, -0.05) is 37.3 Å². The van der Waals surface area contributed by atoms with Crippen molar-refractivity contribution in [2.24, 2.45) is 0 Å². The summed E-state index contributed by atoms with van der Waals surface area (Å²) in [6.45, 7) is 4.52. The zero-order chi connectivity index (χ0) is 18.2. The van der Waals surface area contributed by atoms with Gasteiger partial charge in [-0.2, -0.15) is 0 Å². The Kier molecular flexibility index (Phi) is 7.44. The van der Waals surface area contributed by atoms with Crippen LogP contribution in [0.15, 0.2) is 30.3 Å². The summed E-state index contributed by atoms with van der Waals surface area (Å²) >= 11 is 0. The van der Waals surface area contributed by atoms with Crippen LogP contribution < -0.4 is 5.32 Å². The summed E-state index contributed by atoms with van der Waals surface area (Å²) in [5.41, 5.74) is 1.07. The molecule has 1 N–H and O–H groups in total. The maximum absolute atomic E-state index is 12.4. The fourth-order valence-electron chi connectivity index (χ4n) is 3.55. The minimum atomic E-state index is -0.0870. The third-order valence-electron chi connectivity index (χ3n) is 4.94. The van der Waals surface area contributed by atoms with Gasteiger partial charge in [-0.15, -0.1) is 0 Å². The van der Waals surface area contributed by atoms with Gasteiger partial charge in [0.05, 0.1) is 12.0 Å². The molecule has 0 radical (unpaired) electrons. The second kappa shape index (κ2) is 9.56. The largest absolute Gasteiger partial charge is 0.356 e. The van der Waals surface area contributed by atoms with Crippen molar-refractivity contribution in [1.29, 1.82) is 0 Å². The Bertz CT molecular complexity index is 559. The Hall–Kier alpha value is -1.88. The van der Waals surface area contributed by atoms with E-state index >= 15 is 0 Å². The number of nitrogens with zero attached hydrogens (tertiary/aromatic N) is 2. The molecule has 0 aliphatic carbocycles. The molecule has 1 aliphatic heterocycles. The highest BCUT2D eigenvalue weighted by atomic mass is 16.2. The molecule has 138 valence electrons. The Morgan fingerprint density at radius 2 is 2.00 bits per heavy atom. The molecule has 0 bridgehead atoms. The molecule has 25 heavy (non-hydrogen) atoms. The number of hydrogen-bond acceptors (Lipinski definition) is 3. The fourth-order valence-corrected chi connectivity index (χ4v) is 3.55. The molecule has 1 fully saturated rings. The van der Waals surface area contributed by atoms with Crippen molar-refractivity contribution < 1.29 is 9.59 Å². The Balaban J connectivity index is 1.76. The van der Waals surface area contributed by atoms with E-state index in [1.807, 2.05) is 51.4 Å². The first kappa shape index (κ1) is 19.4. The van der Waals surface area contributed by atoms with Gasteiger partial charge in [-0.05, 0) is 37.8 Å². The lowest BCUT2D eigenvalue weighted by Gasteiger charge is -2.26. The van der Waals surface area contributed by atoms with Crippen molar-refractivity contribution in [3.8, 4) is 0 Å². The molecule has 1 aliphatic rings. The van der Waals surface area contributed by atoms with Gasteiger partial charge in [0.25, 0.3) is 0 Å². The summed E-state index contributed by atoms with van der Waals surface area (Å²) in [6.07, 6.45) is 3.67. The summed E-state index contributed by atoms with van der Waals surface area (Å²) in [5, 5.41) is 3.06. The lowest BCUT2D eigenvalue weighted by Crippen LogP contribution is -2.43. The molecule has 0 saturated carbocycles. The number of amides is 2. The van der Waals surface area contributed by atoms with Crippen molar-refractivity contribution in [3.05, 3.63) is 35.9 Å². The topological polar surface area (TPSA) is 52.7 Å². The first-order chi connectivity index (χ1) is 12.0. The molecule has 1 aromatic carbocycles. The van der Waals surface area contributed by atoms with Crippen LogP contribution in [0.25, 0.3) is 0 Å². The van der Waals surface area contributed by atoms with Crippen LogP contribution >= 0.6 is 0 Å². The third kappa shape index (κ3) is 5.30. The van der Waals surface area contributed by atoms with E-state index in [-0.39, 0.29) is 23.8 Å². The van der Waals surface area contributed by atoms with Crippen LogP contribution in [-0.4, -0.2) is 61.4 Å². The van der Waals surface area contributed by atoms with Gasteiger partial charge >= 0.3 is 0 Å². The van der Waals surface area contributed by atoms with Crippen molar-refractivity contribution >= 4 is 11.8 Å². The summed E-state index contributed by atoms with van der Waals surface area (Å²) in [4.78, 5) is 28.6. The first-order valence-electron chi connectivity index (χ1n) is 9.32. The first-order valence-corrected chi connectivity index (χ1v) is 9.32. The quantitative estimate of drug-likeness (QED) is 0.735. The number of nitrogens with one attached hydrogen (secondary N) is 1. The van der Waals surface area contributed by atoms with Crippen LogP contribution in [0.4, 0.5) is 0 Å². The van der Waals surface area contributed by atoms with Crippen LogP contribution in [0.1, 0.15) is 44.1 Å². The number of carbonyl (C=O) groups excluding carboxylic acids is 2. The summed E-state index contributed by atoms with van der Waals surface area (Å²) in [5.74, 6) is 0.198. The average Bonchev–Trinajstić information content (AvgIpc) is 3.08. The minimum absolute atomic E-state index is 0.0124. The lowest BCUT2D eigenvalue weighted by molar-refractivity contribution is -0.133. The summed E-state index contributed by atoms with van der Waals surface area (Å²) in [7, 11) is 3.63. The Morgan fingerprint density at radius 1 is 1.28 bits per heavy atom. The molecule has 0 aromatic heterocycles. The van der Waals surface area contributed by atoms with Gasteiger partial charge in [0, 0.05) is 27.2 Å². The number of likely N-dealkylation sites (N-methyl/N-ethyl adjacent to an activating group) is 1. The molecule has 1 aromatic rings. The van der Waals surface area contributed by atoms with E-state index in [4.69, 9.17) is 0 Å². The van der Waals surface area contributed by atoms with Crippen LogP contribution in [0.3, 0.4) is 0 Å². The van der Waals surface area contributed by atoms with E-state index in [9.17, 15) is 9.59 Å². The normalized spacial score (nSPS) is 18.8. The molecule has 0 spiro atoms. The second-order valence-electron chi connectivity index (χ2n) is 6.94. The van der Waals surface area contributed by atoms with Crippen LogP contribution in [0.5, 0.6) is 0 Å². The predicted molar refractivity (Wildman–Crippen MR) is 100 cm³/mol. The molecule has 2 atom stereocenters. The van der Waals surface area contributed by atoms with Crippen LogP contribution in [0.2, 0.25) is 0 Å². The van der Waals surface area contributed by atoms with Crippen LogP contribution in [0, 0.1) is 0 Å². The standard InChI is InChI=1S/C20H31N3O2/c1-4-17(16-10-6-5-7-11-16)19(24)21-13-9-15-23-14-8-12-18(23)20(25)22(2)3/h5-7,10-11,17-18H,4,8-9,12-15H2,1-3H3,(H,21,24). The monoisotopic (exact) mass is 345 g/mol. The van der Waals surface area contributed by atoms with Crippen molar-refractivity contribution in [2.45, 2.75) is 44.6 Å². The van der Waals surface area contributed by atoms with Gasteiger partial charge < -0.3 is 10.2 Å². The highest BCUT2D eigenvalue weighted by molar-refractivity contribution is 5.83. The van der Waals surface area contributed by atoms with E-state index in [0.717, 1.165) is 44.3 Å². The van der Waals surface area contributed by atoms with Crippen molar-refractivity contribution in [3.63, 3.8) is 0 Å². The van der Waals surface area contributed by atoms with E-state index in [1.54, 1.807) is 4.90 Å². The molecule has 5 heteroatoms. The highest BCUT2D eigenvalue weighted by Crippen LogP contribution is 2.20. The van der Waals surface area contributed by atoms with E-state index in [2.05, 4.69) is 10.2 Å². The van der Waals surface area contributed by atoms with Gasteiger partial charge in [0.15, 0.2) is 0 Å². The zero-order valence-electron chi connectivity index (χ0n) is 15.7. The average molecular weight is 345 g/mol. The fraction of sp³-hybridized carbons (Fsp3) is 0.600. The van der Waals surface area contributed by atoms with Crippen molar-refractivity contribution in [1.82, 2.24) is 15.1 Å². The number of carbonyl (C=O) groups is 2. The Labute approximate surface area is 151 Å². The van der Waals surface area contributed by atoms with Gasteiger partial charge in [-0.25, -0.2) is 0 Å². The summed E-state index contributed by atoms with van der Waals surface area (Å²) < 4.78 is 0. The number of rotatable bonds is 8. The van der Waals surface area contributed by atoms with E-state index in [0.29, 0.717) is 6.54 Å². The van der Waals surface area contributed by atoms with E-state index in [1.165, 1.54) is 0 Å². The highest BCUT2D eigenvalue weighted by Gasteiger charge is 2.31. The SMILES string of the molecule is CCC(C(=O)NCCCN1CCCC1C(=O)N(C)C)c1ccccc1. The minimum Gasteiger partial charge on any atom is -0.356 e. The molecule has 2 rings (SSSR count). The van der Waals surface area contributed by atoms with Crippen LogP contribution in [-0.2, 0) is 9.59 Å². The predicted octanol–water partition coefficient (Wildman–Crippen LogP) is 2.24. The third-order valence-corrected chi connectivity index (χ3v) is 4.94. The van der Waals surface area contributed by atoms with E-state index < -0.39 is 0 Å². The molecule has 1 heterocycles. The zero-order valence-corrected chi connectivity index (χ0v) is 15.7. The molecular weight excluding hydrogens is 314 g/mol. The number of benzene rings is 1. The lowest BCUT2D eigenvalue weighted by atomic mass is 9.96. The summed E-state index contributed by atoms with van der Waals surface area (Å²) in [6, 6.07) is 9.94. The van der Waals surface area contributed by atoms with Gasteiger partial charge in [-0.3, -0.25) is 14.5 Å². The number of likely N-dealkylation sites (tertiary alicyclic amines) is 1. The maximum Gasteiger partial charge on any atom is 0.239 e. The Morgan fingerprint density at radius 3 is 2.64 bits per heavy atom. The second-order valence-corrected chi connectivity index (χ2v) is 6.94. The number of hydrogen-bond donors (Lipinski definition) is 1. The molecule has 1 saturated heterocycles. The van der Waals surface area contributed by atoms with Gasteiger partial charge in [0.1, 0.15) is 0 Å². The molecule has 5 nitrogen and oxygen atoms in total. The molecule has 2 unspecified atom stereocenters. The smallest absolute Gasteiger partial charge is 0.239 e.